The highest BCUT2D eigenvalue weighted by molar-refractivity contribution is 8.00. The summed E-state index contributed by atoms with van der Waals surface area (Å²) in [6.45, 7) is 5.58. The molecule has 0 aliphatic carbocycles. The molecule has 2 aromatic carbocycles. The molecule has 0 bridgehead atoms. The largest absolute Gasteiger partial charge is 0.355 e. The maximum atomic E-state index is 12.7. The highest BCUT2D eigenvalue weighted by atomic mass is 32.2. The normalized spacial score (nSPS) is 11.7. The molecule has 150 valence electrons. The van der Waals surface area contributed by atoms with Crippen molar-refractivity contribution in [1.29, 1.82) is 0 Å². The van der Waals surface area contributed by atoms with E-state index in [-0.39, 0.29) is 11.8 Å². The van der Waals surface area contributed by atoms with Crippen molar-refractivity contribution in [3.8, 4) is 5.69 Å². The van der Waals surface area contributed by atoms with Gasteiger partial charge in [0.25, 0.3) is 5.91 Å². The molecule has 2 N–H and O–H groups in total. The number of hydrogen-bond acceptors (Lipinski definition) is 6. The number of anilines is 1. The first-order valence-electron chi connectivity index (χ1n) is 9.05. The van der Waals surface area contributed by atoms with Gasteiger partial charge in [0.15, 0.2) is 0 Å². The van der Waals surface area contributed by atoms with Crippen LogP contribution >= 0.6 is 11.8 Å². The predicted octanol–water partition coefficient (Wildman–Crippen LogP) is 2.76. The number of carbonyl (C=O) groups excluding carboxylic acids is 2. The summed E-state index contributed by atoms with van der Waals surface area (Å²) in [7, 11) is 1.57. The lowest BCUT2D eigenvalue weighted by molar-refractivity contribution is -0.115. The number of thioether (sulfide) groups is 1. The van der Waals surface area contributed by atoms with Gasteiger partial charge in [0.2, 0.25) is 11.1 Å². The van der Waals surface area contributed by atoms with Crippen molar-refractivity contribution in [1.82, 2.24) is 25.5 Å². The predicted molar refractivity (Wildman–Crippen MR) is 112 cm³/mol. The molecule has 29 heavy (non-hydrogen) atoms. The Kier molecular flexibility index (Phi) is 6.28. The van der Waals surface area contributed by atoms with E-state index in [1.54, 1.807) is 43.8 Å². The van der Waals surface area contributed by atoms with E-state index in [4.69, 9.17) is 0 Å². The van der Waals surface area contributed by atoms with Gasteiger partial charge in [0, 0.05) is 18.3 Å². The zero-order chi connectivity index (χ0) is 21.0. The third-order valence-electron chi connectivity index (χ3n) is 4.40. The van der Waals surface area contributed by atoms with Crippen LogP contribution < -0.4 is 10.6 Å². The number of benzene rings is 2. The molecular formula is C20H22N6O2S. The van der Waals surface area contributed by atoms with Crippen LogP contribution in [0, 0.1) is 13.8 Å². The standard InChI is InChI=1S/C20H22N6O2S/c1-12-7-5-8-15(11-12)26-20(23-24-25-26)29-14(3)18(27)22-17-10-6-9-16(13(17)2)19(28)21-4/h5-11,14H,1-4H3,(H,21,28)(H,22,27). The van der Waals surface area contributed by atoms with E-state index in [2.05, 4.69) is 26.2 Å². The molecule has 1 heterocycles. The molecule has 1 unspecified atom stereocenters. The molecule has 1 atom stereocenters. The maximum absolute atomic E-state index is 12.7. The first-order valence-corrected chi connectivity index (χ1v) is 9.93. The number of carbonyl (C=O) groups is 2. The Balaban J connectivity index is 1.75. The number of hydrogen-bond donors (Lipinski definition) is 2. The Morgan fingerprint density at radius 1 is 1.14 bits per heavy atom. The van der Waals surface area contributed by atoms with Gasteiger partial charge in [-0.2, -0.15) is 4.68 Å². The van der Waals surface area contributed by atoms with E-state index in [0.717, 1.165) is 11.3 Å². The minimum Gasteiger partial charge on any atom is -0.355 e. The molecule has 0 radical (unpaired) electrons. The minimum absolute atomic E-state index is 0.196. The van der Waals surface area contributed by atoms with Crippen molar-refractivity contribution in [2.24, 2.45) is 0 Å². The van der Waals surface area contributed by atoms with E-state index < -0.39 is 5.25 Å². The monoisotopic (exact) mass is 410 g/mol. The molecular weight excluding hydrogens is 388 g/mol. The molecule has 3 aromatic rings. The zero-order valence-electron chi connectivity index (χ0n) is 16.6. The van der Waals surface area contributed by atoms with Crippen molar-refractivity contribution < 1.29 is 9.59 Å². The van der Waals surface area contributed by atoms with Crippen LogP contribution in [0.3, 0.4) is 0 Å². The van der Waals surface area contributed by atoms with Crippen LogP contribution in [0.25, 0.3) is 5.69 Å². The summed E-state index contributed by atoms with van der Waals surface area (Å²) >= 11 is 1.26. The van der Waals surface area contributed by atoms with Gasteiger partial charge in [-0.05, 0) is 66.6 Å². The molecule has 0 aliphatic rings. The Morgan fingerprint density at radius 2 is 1.90 bits per heavy atom. The number of amides is 2. The summed E-state index contributed by atoms with van der Waals surface area (Å²) in [5.74, 6) is -0.399. The van der Waals surface area contributed by atoms with Crippen LogP contribution in [0.1, 0.15) is 28.4 Å². The first kappa shape index (κ1) is 20.5. The van der Waals surface area contributed by atoms with Crippen molar-refractivity contribution in [3.05, 3.63) is 59.2 Å². The highest BCUT2D eigenvalue weighted by Gasteiger charge is 2.21. The summed E-state index contributed by atoms with van der Waals surface area (Å²) in [6.07, 6.45) is 0. The average Bonchev–Trinajstić information content (AvgIpc) is 3.17. The molecule has 3 rings (SSSR count). The Labute approximate surface area is 173 Å². The van der Waals surface area contributed by atoms with Crippen molar-refractivity contribution >= 4 is 29.3 Å². The summed E-state index contributed by atoms with van der Waals surface area (Å²) in [4.78, 5) is 24.7. The number of tetrazole rings is 1. The van der Waals surface area contributed by atoms with Crippen LogP contribution in [0.2, 0.25) is 0 Å². The fraction of sp³-hybridized carbons (Fsp3) is 0.250. The lowest BCUT2D eigenvalue weighted by Crippen LogP contribution is -2.24. The minimum atomic E-state index is -0.451. The van der Waals surface area contributed by atoms with Gasteiger partial charge in [0.05, 0.1) is 10.9 Å². The van der Waals surface area contributed by atoms with Crippen LogP contribution in [-0.2, 0) is 4.79 Å². The first-order chi connectivity index (χ1) is 13.9. The number of aryl methyl sites for hydroxylation is 1. The number of nitrogens with one attached hydrogen (secondary N) is 2. The van der Waals surface area contributed by atoms with Crippen LogP contribution in [0.5, 0.6) is 0 Å². The van der Waals surface area contributed by atoms with Gasteiger partial charge >= 0.3 is 0 Å². The lowest BCUT2D eigenvalue weighted by Gasteiger charge is -2.15. The fourth-order valence-electron chi connectivity index (χ4n) is 2.77. The van der Waals surface area contributed by atoms with Crippen LogP contribution in [0.4, 0.5) is 5.69 Å². The van der Waals surface area contributed by atoms with E-state index in [0.29, 0.717) is 22.0 Å². The van der Waals surface area contributed by atoms with Crippen LogP contribution in [-0.4, -0.2) is 44.3 Å². The second-order valence-electron chi connectivity index (χ2n) is 6.52. The third kappa shape index (κ3) is 4.62. The molecule has 0 fully saturated rings. The number of nitrogens with zero attached hydrogens (tertiary/aromatic N) is 4. The average molecular weight is 411 g/mol. The molecule has 8 nitrogen and oxygen atoms in total. The Morgan fingerprint density at radius 3 is 2.62 bits per heavy atom. The summed E-state index contributed by atoms with van der Waals surface area (Å²) in [5.41, 5.74) is 3.75. The zero-order valence-corrected chi connectivity index (χ0v) is 17.4. The summed E-state index contributed by atoms with van der Waals surface area (Å²) < 4.78 is 1.61. The molecule has 0 spiro atoms. The second kappa shape index (κ2) is 8.87. The van der Waals surface area contributed by atoms with Crippen molar-refractivity contribution in [3.63, 3.8) is 0 Å². The molecule has 2 amide bonds. The van der Waals surface area contributed by atoms with Crippen molar-refractivity contribution in [2.75, 3.05) is 12.4 Å². The summed E-state index contributed by atoms with van der Waals surface area (Å²) in [5, 5.41) is 17.4. The fourth-order valence-corrected chi connectivity index (χ4v) is 3.58. The number of aromatic nitrogens is 4. The topological polar surface area (TPSA) is 102 Å². The second-order valence-corrected chi connectivity index (χ2v) is 7.83. The molecule has 0 aliphatic heterocycles. The molecule has 0 saturated heterocycles. The molecule has 9 heteroatoms. The SMILES string of the molecule is CNC(=O)c1cccc(NC(=O)C(C)Sc2nnnn2-c2cccc(C)c2)c1C. The smallest absolute Gasteiger partial charge is 0.251 e. The lowest BCUT2D eigenvalue weighted by atomic mass is 10.1. The van der Waals surface area contributed by atoms with Gasteiger partial charge in [-0.3, -0.25) is 9.59 Å². The van der Waals surface area contributed by atoms with Gasteiger partial charge in [0.1, 0.15) is 0 Å². The van der Waals surface area contributed by atoms with E-state index in [9.17, 15) is 9.59 Å². The van der Waals surface area contributed by atoms with E-state index >= 15 is 0 Å². The molecule has 0 saturated carbocycles. The van der Waals surface area contributed by atoms with Gasteiger partial charge in [-0.15, -0.1) is 5.10 Å². The van der Waals surface area contributed by atoms with Crippen molar-refractivity contribution in [2.45, 2.75) is 31.2 Å². The van der Waals surface area contributed by atoms with E-state index in [1.807, 2.05) is 31.2 Å². The van der Waals surface area contributed by atoms with Gasteiger partial charge in [-0.1, -0.05) is 30.0 Å². The Hall–Kier alpha value is -3.20. The third-order valence-corrected chi connectivity index (χ3v) is 5.43. The molecule has 1 aromatic heterocycles. The van der Waals surface area contributed by atoms with Gasteiger partial charge < -0.3 is 10.6 Å². The maximum Gasteiger partial charge on any atom is 0.251 e. The highest BCUT2D eigenvalue weighted by Crippen LogP contribution is 2.25. The Bertz CT molecular complexity index is 1050. The van der Waals surface area contributed by atoms with E-state index in [1.165, 1.54) is 11.8 Å². The summed E-state index contributed by atoms with van der Waals surface area (Å²) in [6, 6.07) is 13.0. The van der Waals surface area contributed by atoms with Crippen LogP contribution in [0.15, 0.2) is 47.6 Å². The quantitative estimate of drug-likeness (QED) is 0.606. The van der Waals surface area contributed by atoms with Gasteiger partial charge in [-0.25, -0.2) is 0 Å². The number of rotatable bonds is 6.